The molecule has 6 heteroatoms. The summed E-state index contributed by atoms with van der Waals surface area (Å²) >= 11 is 0. The molecule has 3 aromatic rings. The summed E-state index contributed by atoms with van der Waals surface area (Å²) in [6.07, 6.45) is 6.67. The standard InChI is InChI=1S/C18H21N5O/c1-13-9-17(23-8-6-19-12-23)4-3-15(13)10-22-7-5-16(11-22)18-20-14(2)21-24-18/h3-4,6,8-9,12,16H,5,7,10-11H2,1-2H3/t16-/m1/s1. The number of benzene rings is 1. The van der Waals surface area contributed by atoms with E-state index in [0.717, 1.165) is 43.5 Å². The van der Waals surface area contributed by atoms with Gasteiger partial charge in [0, 0.05) is 31.2 Å². The number of hydrogen-bond donors (Lipinski definition) is 0. The topological polar surface area (TPSA) is 60.0 Å². The lowest BCUT2D eigenvalue weighted by atomic mass is 10.1. The van der Waals surface area contributed by atoms with Gasteiger partial charge in [0.25, 0.3) is 0 Å². The summed E-state index contributed by atoms with van der Waals surface area (Å²) in [6.45, 7) is 7.04. The summed E-state index contributed by atoms with van der Waals surface area (Å²) in [5.41, 5.74) is 3.81. The van der Waals surface area contributed by atoms with Crippen molar-refractivity contribution in [2.75, 3.05) is 13.1 Å². The first kappa shape index (κ1) is 15.1. The molecule has 4 rings (SSSR count). The van der Waals surface area contributed by atoms with Crippen LogP contribution in [0.3, 0.4) is 0 Å². The van der Waals surface area contributed by atoms with E-state index in [0.29, 0.717) is 5.92 Å². The van der Waals surface area contributed by atoms with E-state index in [2.05, 4.69) is 45.1 Å². The fraction of sp³-hybridized carbons (Fsp3) is 0.389. The van der Waals surface area contributed by atoms with E-state index < -0.39 is 0 Å². The molecule has 3 heterocycles. The van der Waals surface area contributed by atoms with Crippen LogP contribution < -0.4 is 0 Å². The highest BCUT2D eigenvalue weighted by molar-refractivity contribution is 5.40. The molecule has 1 aromatic carbocycles. The third-order valence-electron chi connectivity index (χ3n) is 4.69. The molecule has 0 amide bonds. The highest BCUT2D eigenvalue weighted by Crippen LogP contribution is 2.27. The zero-order valence-corrected chi connectivity index (χ0v) is 14.0. The molecule has 1 atom stereocenters. The van der Waals surface area contributed by atoms with Crippen molar-refractivity contribution < 1.29 is 4.52 Å². The Balaban J connectivity index is 1.44. The molecule has 6 nitrogen and oxygen atoms in total. The molecule has 1 aliphatic heterocycles. The zero-order chi connectivity index (χ0) is 16.5. The lowest BCUT2D eigenvalue weighted by Crippen LogP contribution is -2.20. The molecule has 1 fully saturated rings. The Morgan fingerprint density at radius 1 is 1.29 bits per heavy atom. The third-order valence-corrected chi connectivity index (χ3v) is 4.69. The van der Waals surface area contributed by atoms with Crippen LogP contribution in [-0.2, 0) is 6.54 Å². The van der Waals surface area contributed by atoms with Crippen LogP contribution in [0.15, 0.2) is 41.4 Å². The lowest BCUT2D eigenvalue weighted by molar-refractivity contribution is 0.308. The molecule has 0 N–H and O–H groups in total. The molecular formula is C18H21N5O. The van der Waals surface area contributed by atoms with Crippen molar-refractivity contribution in [3.8, 4) is 5.69 Å². The van der Waals surface area contributed by atoms with Gasteiger partial charge in [-0.3, -0.25) is 4.90 Å². The molecule has 0 bridgehead atoms. The van der Waals surface area contributed by atoms with Crippen molar-refractivity contribution in [3.05, 3.63) is 59.8 Å². The van der Waals surface area contributed by atoms with Crippen LogP contribution in [0.1, 0.15) is 35.2 Å². The second kappa shape index (κ2) is 6.20. The van der Waals surface area contributed by atoms with Crippen LogP contribution in [0.25, 0.3) is 5.69 Å². The second-order valence-electron chi connectivity index (χ2n) is 6.48. The molecule has 2 aromatic heterocycles. The monoisotopic (exact) mass is 323 g/mol. The van der Waals surface area contributed by atoms with Crippen LogP contribution in [-0.4, -0.2) is 37.7 Å². The van der Waals surface area contributed by atoms with Gasteiger partial charge in [0.1, 0.15) is 0 Å². The molecule has 0 saturated carbocycles. The van der Waals surface area contributed by atoms with Gasteiger partial charge in [0.05, 0.1) is 12.2 Å². The Morgan fingerprint density at radius 2 is 2.21 bits per heavy atom. The van der Waals surface area contributed by atoms with E-state index in [-0.39, 0.29) is 0 Å². The van der Waals surface area contributed by atoms with Crippen molar-refractivity contribution >= 4 is 0 Å². The first-order chi connectivity index (χ1) is 11.7. The Morgan fingerprint density at radius 3 is 2.92 bits per heavy atom. The fourth-order valence-corrected chi connectivity index (χ4v) is 3.33. The van der Waals surface area contributed by atoms with Gasteiger partial charge in [0.15, 0.2) is 5.82 Å². The Kier molecular flexibility index (Phi) is 3.90. The highest BCUT2D eigenvalue weighted by atomic mass is 16.5. The van der Waals surface area contributed by atoms with Crippen molar-refractivity contribution in [3.63, 3.8) is 0 Å². The first-order valence-corrected chi connectivity index (χ1v) is 8.29. The van der Waals surface area contributed by atoms with Crippen molar-refractivity contribution in [1.29, 1.82) is 0 Å². The van der Waals surface area contributed by atoms with Crippen LogP contribution in [0.2, 0.25) is 0 Å². The summed E-state index contributed by atoms with van der Waals surface area (Å²) in [7, 11) is 0. The smallest absolute Gasteiger partial charge is 0.231 e. The van der Waals surface area contributed by atoms with Gasteiger partial charge < -0.3 is 9.09 Å². The molecule has 0 spiro atoms. The molecule has 0 unspecified atom stereocenters. The Bertz CT molecular complexity index is 824. The van der Waals surface area contributed by atoms with Gasteiger partial charge in [-0.1, -0.05) is 11.2 Å². The molecule has 124 valence electrons. The van der Waals surface area contributed by atoms with E-state index in [9.17, 15) is 0 Å². The van der Waals surface area contributed by atoms with Gasteiger partial charge in [-0.15, -0.1) is 0 Å². The predicted molar refractivity (Wildman–Crippen MR) is 90.0 cm³/mol. The highest BCUT2D eigenvalue weighted by Gasteiger charge is 2.28. The maximum absolute atomic E-state index is 5.33. The minimum Gasteiger partial charge on any atom is -0.339 e. The van der Waals surface area contributed by atoms with Gasteiger partial charge in [0.2, 0.25) is 5.89 Å². The fourth-order valence-electron chi connectivity index (χ4n) is 3.33. The zero-order valence-electron chi connectivity index (χ0n) is 14.0. The number of imidazole rings is 1. The van der Waals surface area contributed by atoms with Gasteiger partial charge in [-0.25, -0.2) is 4.98 Å². The maximum atomic E-state index is 5.33. The minimum atomic E-state index is 0.358. The third kappa shape index (κ3) is 2.97. The van der Waals surface area contributed by atoms with E-state index in [1.807, 2.05) is 24.0 Å². The molecule has 1 aliphatic rings. The number of rotatable bonds is 4. The summed E-state index contributed by atoms with van der Waals surface area (Å²) in [6, 6.07) is 6.58. The quantitative estimate of drug-likeness (QED) is 0.739. The maximum Gasteiger partial charge on any atom is 0.231 e. The van der Waals surface area contributed by atoms with Crippen molar-refractivity contribution in [2.45, 2.75) is 32.7 Å². The normalized spacial score (nSPS) is 18.3. The van der Waals surface area contributed by atoms with Crippen molar-refractivity contribution in [1.82, 2.24) is 24.6 Å². The van der Waals surface area contributed by atoms with Crippen LogP contribution in [0.4, 0.5) is 0 Å². The molecule has 24 heavy (non-hydrogen) atoms. The van der Waals surface area contributed by atoms with Crippen LogP contribution in [0.5, 0.6) is 0 Å². The first-order valence-electron chi connectivity index (χ1n) is 8.29. The van der Waals surface area contributed by atoms with Gasteiger partial charge >= 0.3 is 0 Å². The molecule has 1 saturated heterocycles. The van der Waals surface area contributed by atoms with E-state index >= 15 is 0 Å². The van der Waals surface area contributed by atoms with Crippen molar-refractivity contribution in [2.24, 2.45) is 0 Å². The number of likely N-dealkylation sites (tertiary alicyclic amines) is 1. The van der Waals surface area contributed by atoms with E-state index in [1.165, 1.54) is 11.1 Å². The molecule has 0 aliphatic carbocycles. The van der Waals surface area contributed by atoms with Crippen LogP contribution in [0, 0.1) is 13.8 Å². The summed E-state index contributed by atoms with van der Waals surface area (Å²) in [5, 5.41) is 3.91. The average molecular weight is 323 g/mol. The number of hydrogen-bond acceptors (Lipinski definition) is 5. The summed E-state index contributed by atoms with van der Waals surface area (Å²) in [5.74, 6) is 1.85. The molecular weight excluding hydrogens is 302 g/mol. The number of aromatic nitrogens is 4. The molecule has 0 radical (unpaired) electrons. The summed E-state index contributed by atoms with van der Waals surface area (Å²) in [4.78, 5) is 10.9. The number of aryl methyl sites for hydroxylation is 2. The van der Waals surface area contributed by atoms with E-state index in [4.69, 9.17) is 4.52 Å². The SMILES string of the molecule is Cc1noc([C@@H]2CCN(Cc3ccc(-n4ccnc4)cc3C)C2)n1. The minimum absolute atomic E-state index is 0.358. The van der Waals surface area contributed by atoms with Crippen LogP contribution >= 0.6 is 0 Å². The second-order valence-corrected chi connectivity index (χ2v) is 6.48. The van der Waals surface area contributed by atoms with E-state index in [1.54, 1.807) is 6.20 Å². The Labute approximate surface area is 141 Å². The predicted octanol–water partition coefficient (Wildman–Crippen LogP) is 2.86. The van der Waals surface area contributed by atoms with Gasteiger partial charge in [-0.05, 0) is 50.1 Å². The van der Waals surface area contributed by atoms with Gasteiger partial charge in [-0.2, -0.15) is 4.98 Å². The average Bonchev–Trinajstić information content (AvgIpc) is 3.30. The Hall–Kier alpha value is -2.47. The lowest BCUT2D eigenvalue weighted by Gasteiger charge is -2.17. The largest absolute Gasteiger partial charge is 0.339 e. The summed E-state index contributed by atoms with van der Waals surface area (Å²) < 4.78 is 7.36. The number of nitrogens with zero attached hydrogens (tertiary/aromatic N) is 5.